The van der Waals surface area contributed by atoms with Crippen LogP contribution in [0.4, 0.5) is 5.69 Å². The molecule has 4 nitrogen and oxygen atoms in total. The predicted molar refractivity (Wildman–Crippen MR) is 107 cm³/mol. The molecule has 0 spiro atoms. The number of hydrogen-bond donors (Lipinski definition) is 1. The van der Waals surface area contributed by atoms with Crippen molar-refractivity contribution in [2.75, 3.05) is 11.4 Å². The molecule has 1 saturated carbocycles. The van der Waals surface area contributed by atoms with Crippen molar-refractivity contribution in [2.24, 2.45) is 0 Å². The summed E-state index contributed by atoms with van der Waals surface area (Å²) in [7, 11) is 0. The Morgan fingerprint density at radius 3 is 2.78 bits per heavy atom. The van der Waals surface area contributed by atoms with Crippen molar-refractivity contribution in [1.82, 2.24) is 0 Å². The smallest absolute Gasteiger partial charge is 0.303 e. The molecule has 1 heterocycles. The molecule has 27 heavy (non-hydrogen) atoms. The molecule has 0 saturated heterocycles. The summed E-state index contributed by atoms with van der Waals surface area (Å²) in [5, 5.41) is 9.61. The molecule has 0 amide bonds. The molecule has 4 rings (SSSR count). The fourth-order valence-corrected chi connectivity index (χ4v) is 3.95. The van der Waals surface area contributed by atoms with Crippen LogP contribution in [-0.4, -0.2) is 23.7 Å². The molecule has 1 aliphatic heterocycles. The van der Waals surface area contributed by atoms with Crippen molar-refractivity contribution in [3.8, 4) is 5.75 Å². The van der Waals surface area contributed by atoms with E-state index in [1.165, 1.54) is 17.5 Å². The van der Waals surface area contributed by atoms with Gasteiger partial charge in [0.1, 0.15) is 5.75 Å². The van der Waals surface area contributed by atoms with Crippen LogP contribution in [0.25, 0.3) is 0 Å². The van der Waals surface area contributed by atoms with Crippen LogP contribution >= 0.6 is 11.6 Å². The second-order valence-corrected chi connectivity index (χ2v) is 7.86. The fourth-order valence-electron chi connectivity index (χ4n) is 3.71. The Labute approximate surface area is 164 Å². The highest BCUT2D eigenvalue weighted by Gasteiger charge is 2.22. The Balaban J connectivity index is 1.49. The number of rotatable bonds is 6. The molecule has 2 aliphatic rings. The van der Waals surface area contributed by atoms with Gasteiger partial charge in [0.05, 0.1) is 16.8 Å². The third-order valence-electron chi connectivity index (χ3n) is 5.52. The number of carbonyl (C=O) groups is 1. The zero-order chi connectivity index (χ0) is 18.8. The van der Waals surface area contributed by atoms with Crippen LogP contribution in [0.2, 0.25) is 5.02 Å². The number of fused-ring (bicyclic) bond motifs is 1. The number of anilines is 1. The highest BCUT2D eigenvalue weighted by atomic mass is 35.5. The summed E-state index contributed by atoms with van der Waals surface area (Å²) in [5.74, 6) is 0.145. The number of halogens is 1. The molecule has 2 aromatic rings. The lowest BCUT2D eigenvalue weighted by Crippen LogP contribution is -2.31. The van der Waals surface area contributed by atoms with Crippen LogP contribution in [0, 0.1) is 0 Å². The van der Waals surface area contributed by atoms with Crippen LogP contribution in [0.1, 0.15) is 42.4 Å². The largest absolute Gasteiger partial charge is 0.490 e. The van der Waals surface area contributed by atoms with Gasteiger partial charge in [-0.15, -0.1) is 0 Å². The van der Waals surface area contributed by atoms with Gasteiger partial charge in [-0.3, -0.25) is 4.79 Å². The van der Waals surface area contributed by atoms with Gasteiger partial charge in [0.2, 0.25) is 0 Å². The maximum absolute atomic E-state index is 10.8. The number of carboxylic acids is 1. The molecule has 1 aliphatic carbocycles. The van der Waals surface area contributed by atoms with E-state index in [4.69, 9.17) is 21.4 Å². The molecule has 1 fully saturated rings. The summed E-state index contributed by atoms with van der Waals surface area (Å²) in [6.07, 6.45) is 5.57. The van der Waals surface area contributed by atoms with E-state index in [-0.39, 0.29) is 6.42 Å². The van der Waals surface area contributed by atoms with Crippen molar-refractivity contribution >= 4 is 23.3 Å². The molecule has 0 atom stereocenters. The van der Waals surface area contributed by atoms with E-state index in [0.29, 0.717) is 12.5 Å². The van der Waals surface area contributed by atoms with Gasteiger partial charge >= 0.3 is 5.97 Å². The van der Waals surface area contributed by atoms with Crippen molar-refractivity contribution in [3.05, 3.63) is 58.1 Å². The molecular weight excluding hydrogens is 362 g/mol. The molecule has 5 heteroatoms. The number of benzene rings is 2. The van der Waals surface area contributed by atoms with Gasteiger partial charge in [0.15, 0.2) is 0 Å². The SMILES string of the molecule is O=C(O)CCc1ccc2c(c1)CCN(c1cc(OC3CCC3)ccc1Cl)C2. The lowest BCUT2D eigenvalue weighted by Gasteiger charge is -2.32. The molecule has 0 bridgehead atoms. The molecule has 0 aromatic heterocycles. The first kappa shape index (κ1) is 18.2. The van der Waals surface area contributed by atoms with Crippen molar-refractivity contribution in [1.29, 1.82) is 0 Å². The van der Waals surface area contributed by atoms with E-state index in [2.05, 4.69) is 23.1 Å². The van der Waals surface area contributed by atoms with Gasteiger partial charge in [-0.25, -0.2) is 0 Å². The van der Waals surface area contributed by atoms with E-state index in [1.54, 1.807) is 0 Å². The summed E-state index contributed by atoms with van der Waals surface area (Å²) in [4.78, 5) is 13.1. The van der Waals surface area contributed by atoms with E-state index in [1.807, 2.05) is 18.2 Å². The Bertz CT molecular complexity index is 847. The lowest BCUT2D eigenvalue weighted by atomic mass is 9.95. The van der Waals surface area contributed by atoms with Crippen LogP contribution in [0.15, 0.2) is 36.4 Å². The second-order valence-electron chi connectivity index (χ2n) is 7.45. The van der Waals surface area contributed by atoms with Crippen LogP contribution in [-0.2, 0) is 24.2 Å². The molecule has 0 radical (unpaired) electrons. The minimum atomic E-state index is -0.752. The van der Waals surface area contributed by atoms with Crippen LogP contribution < -0.4 is 9.64 Å². The number of nitrogens with zero attached hydrogens (tertiary/aromatic N) is 1. The molecular formula is C22H24ClNO3. The first-order valence-electron chi connectivity index (χ1n) is 9.62. The summed E-state index contributed by atoms with van der Waals surface area (Å²) in [6, 6.07) is 12.3. The zero-order valence-corrected chi connectivity index (χ0v) is 16.0. The third-order valence-corrected chi connectivity index (χ3v) is 5.84. The predicted octanol–water partition coefficient (Wildman–Crippen LogP) is 4.85. The maximum atomic E-state index is 10.8. The van der Waals surface area contributed by atoms with E-state index >= 15 is 0 Å². The van der Waals surface area contributed by atoms with Crippen LogP contribution in [0.5, 0.6) is 5.75 Å². The standard InChI is InChI=1S/C22H24ClNO3/c23-20-8-7-19(27-18-2-1-3-18)13-21(20)24-11-10-16-12-15(5-9-22(25)26)4-6-17(16)14-24/h4,6-8,12-13,18H,1-3,5,9-11,14H2,(H,25,26). The van der Waals surface area contributed by atoms with Gasteiger partial charge in [-0.1, -0.05) is 29.8 Å². The average molecular weight is 386 g/mol. The normalized spacial score (nSPS) is 16.6. The zero-order valence-electron chi connectivity index (χ0n) is 15.3. The first-order chi connectivity index (χ1) is 13.1. The first-order valence-corrected chi connectivity index (χ1v) is 10.00. The summed E-state index contributed by atoms with van der Waals surface area (Å²) < 4.78 is 6.03. The fraction of sp³-hybridized carbons (Fsp3) is 0.409. The topological polar surface area (TPSA) is 49.8 Å². The number of ether oxygens (including phenoxy) is 1. The summed E-state index contributed by atoms with van der Waals surface area (Å²) >= 11 is 6.48. The van der Waals surface area contributed by atoms with Gasteiger partial charge in [-0.2, -0.15) is 0 Å². The highest BCUT2D eigenvalue weighted by Crippen LogP contribution is 2.35. The Morgan fingerprint density at radius 2 is 2.04 bits per heavy atom. The second kappa shape index (κ2) is 7.81. The lowest BCUT2D eigenvalue weighted by molar-refractivity contribution is -0.136. The monoisotopic (exact) mass is 385 g/mol. The van der Waals surface area contributed by atoms with E-state index < -0.39 is 5.97 Å². The van der Waals surface area contributed by atoms with Gasteiger partial charge in [0, 0.05) is 25.6 Å². The Hall–Kier alpha value is -2.20. The Morgan fingerprint density at radius 1 is 1.19 bits per heavy atom. The molecule has 1 N–H and O–H groups in total. The number of carboxylic acid groups (broad SMARTS) is 1. The third kappa shape index (κ3) is 4.22. The highest BCUT2D eigenvalue weighted by molar-refractivity contribution is 6.33. The molecule has 0 unspecified atom stereocenters. The average Bonchev–Trinajstić information content (AvgIpc) is 2.63. The van der Waals surface area contributed by atoms with E-state index in [0.717, 1.165) is 54.4 Å². The summed E-state index contributed by atoms with van der Waals surface area (Å²) in [6.45, 7) is 1.70. The van der Waals surface area contributed by atoms with Gasteiger partial charge < -0.3 is 14.7 Å². The molecule has 142 valence electrons. The minimum absolute atomic E-state index is 0.175. The number of hydrogen-bond acceptors (Lipinski definition) is 3. The maximum Gasteiger partial charge on any atom is 0.303 e. The van der Waals surface area contributed by atoms with Crippen molar-refractivity contribution in [2.45, 2.75) is 51.2 Å². The van der Waals surface area contributed by atoms with Gasteiger partial charge in [-0.05, 0) is 60.9 Å². The minimum Gasteiger partial charge on any atom is -0.490 e. The number of aryl methyl sites for hydroxylation is 1. The quantitative estimate of drug-likeness (QED) is 0.772. The van der Waals surface area contributed by atoms with Crippen molar-refractivity contribution < 1.29 is 14.6 Å². The van der Waals surface area contributed by atoms with Gasteiger partial charge in [0.25, 0.3) is 0 Å². The molecule has 2 aromatic carbocycles. The number of aliphatic carboxylic acids is 1. The summed E-state index contributed by atoms with van der Waals surface area (Å²) in [5.41, 5.74) is 4.71. The van der Waals surface area contributed by atoms with Crippen molar-refractivity contribution in [3.63, 3.8) is 0 Å². The van der Waals surface area contributed by atoms with Crippen LogP contribution in [0.3, 0.4) is 0 Å². The Kier molecular flexibility index (Phi) is 5.26. The van der Waals surface area contributed by atoms with E-state index in [9.17, 15) is 4.79 Å².